The van der Waals surface area contributed by atoms with Gasteiger partial charge in [0.2, 0.25) is 0 Å². The average Bonchev–Trinajstić information content (AvgIpc) is 3.14. The molecule has 1 aromatic heterocycles. The number of aromatic nitrogens is 2. The highest BCUT2D eigenvalue weighted by molar-refractivity contribution is 5.93. The molecule has 0 unspecified atom stereocenters. The maximum absolute atomic E-state index is 13.3. The Morgan fingerprint density at radius 1 is 1.35 bits per heavy atom. The van der Waals surface area contributed by atoms with E-state index in [1.165, 1.54) is 21.7 Å². The zero-order chi connectivity index (χ0) is 16.6. The highest BCUT2D eigenvalue weighted by Gasteiger charge is 2.42. The van der Waals surface area contributed by atoms with E-state index in [-0.39, 0.29) is 24.0 Å². The predicted octanol–water partition coefficient (Wildman–Crippen LogP) is 1.95. The monoisotopic (exact) mass is 317 g/mol. The third-order valence-electron chi connectivity index (χ3n) is 4.16. The van der Waals surface area contributed by atoms with Crippen LogP contribution in [0.25, 0.3) is 5.69 Å². The Labute approximate surface area is 132 Å². The van der Waals surface area contributed by atoms with Crippen molar-refractivity contribution in [2.24, 2.45) is 5.41 Å². The number of amides is 1. The number of hydrogen-bond acceptors (Lipinski definition) is 3. The molecular formula is C16H16FN3O3. The Balaban J connectivity index is 1.79. The van der Waals surface area contributed by atoms with Crippen LogP contribution in [0, 0.1) is 11.2 Å². The number of likely N-dealkylation sites (tertiary alicyclic amines) is 1. The maximum Gasteiger partial charge on any atom is 0.311 e. The van der Waals surface area contributed by atoms with E-state index >= 15 is 0 Å². The van der Waals surface area contributed by atoms with E-state index in [2.05, 4.69) is 5.10 Å². The quantitative estimate of drug-likeness (QED) is 0.939. The van der Waals surface area contributed by atoms with E-state index in [0.717, 1.165) is 0 Å². The summed E-state index contributed by atoms with van der Waals surface area (Å²) in [6.07, 6.45) is 1.99. The molecule has 1 aliphatic heterocycles. The molecule has 120 valence electrons. The van der Waals surface area contributed by atoms with Crippen molar-refractivity contribution in [2.45, 2.75) is 13.3 Å². The zero-order valence-electron chi connectivity index (χ0n) is 12.6. The molecule has 0 bridgehead atoms. The third-order valence-corrected chi connectivity index (χ3v) is 4.16. The smallest absolute Gasteiger partial charge is 0.311 e. The number of carboxylic acids is 1. The van der Waals surface area contributed by atoms with Crippen LogP contribution in [0.1, 0.15) is 23.8 Å². The minimum absolute atomic E-state index is 0.161. The van der Waals surface area contributed by atoms with E-state index in [9.17, 15) is 19.1 Å². The van der Waals surface area contributed by atoms with Crippen LogP contribution in [0.5, 0.6) is 0 Å². The van der Waals surface area contributed by atoms with E-state index < -0.39 is 11.4 Å². The molecule has 1 saturated heterocycles. The number of aliphatic carboxylic acids is 1. The van der Waals surface area contributed by atoms with Crippen LogP contribution >= 0.6 is 0 Å². The van der Waals surface area contributed by atoms with Gasteiger partial charge in [0.15, 0.2) is 5.69 Å². The number of nitrogens with zero attached hydrogens (tertiary/aromatic N) is 3. The summed E-state index contributed by atoms with van der Waals surface area (Å²) in [4.78, 5) is 25.2. The number of rotatable bonds is 3. The van der Waals surface area contributed by atoms with Crippen LogP contribution in [0.3, 0.4) is 0 Å². The summed E-state index contributed by atoms with van der Waals surface area (Å²) in [6, 6.07) is 7.44. The minimum Gasteiger partial charge on any atom is -0.481 e. The lowest BCUT2D eigenvalue weighted by Gasteiger charge is -2.19. The van der Waals surface area contributed by atoms with Gasteiger partial charge >= 0.3 is 5.97 Å². The summed E-state index contributed by atoms with van der Waals surface area (Å²) >= 11 is 0. The standard InChI is InChI=1S/C16H16FN3O3/c1-16(15(22)23)6-8-19(10-16)14(21)13-5-7-20(18-13)12-4-2-3-11(17)9-12/h2-5,7,9H,6,8,10H2,1H3,(H,22,23)/t16-/m1/s1. The average molecular weight is 317 g/mol. The molecule has 6 nitrogen and oxygen atoms in total. The van der Waals surface area contributed by atoms with Crippen molar-refractivity contribution in [3.63, 3.8) is 0 Å². The Kier molecular flexibility index (Phi) is 3.63. The van der Waals surface area contributed by atoms with Gasteiger partial charge < -0.3 is 10.0 Å². The van der Waals surface area contributed by atoms with Crippen LogP contribution in [0.15, 0.2) is 36.5 Å². The summed E-state index contributed by atoms with van der Waals surface area (Å²) in [5.41, 5.74) is -0.189. The molecule has 1 fully saturated rings. The van der Waals surface area contributed by atoms with Crippen LogP contribution in [-0.4, -0.2) is 44.8 Å². The molecule has 1 amide bonds. The van der Waals surface area contributed by atoms with Crippen LogP contribution in [0.4, 0.5) is 4.39 Å². The van der Waals surface area contributed by atoms with Crippen molar-refractivity contribution in [2.75, 3.05) is 13.1 Å². The first-order valence-electron chi connectivity index (χ1n) is 7.23. The molecule has 0 spiro atoms. The number of benzene rings is 1. The van der Waals surface area contributed by atoms with Gasteiger partial charge in [0.1, 0.15) is 5.82 Å². The molecule has 0 radical (unpaired) electrons. The van der Waals surface area contributed by atoms with Crippen LogP contribution < -0.4 is 0 Å². The number of hydrogen-bond donors (Lipinski definition) is 1. The van der Waals surface area contributed by atoms with Gasteiger partial charge in [0.05, 0.1) is 11.1 Å². The third kappa shape index (κ3) is 2.81. The van der Waals surface area contributed by atoms with Crippen molar-refractivity contribution in [1.29, 1.82) is 0 Å². The second kappa shape index (κ2) is 5.49. The fraction of sp³-hybridized carbons (Fsp3) is 0.312. The zero-order valence-corrected chi connectivity index (χ0v) is 12.6. The van der Waals surface area contributed by atoms with E-state index in [1.54, 1.807) is 31.3 Å². The second-order valence-corrected chi connectivity index (χ2v) is 5.97. The van der Waals surface area contributed by atoms with Crippen LogP contribution in [0.2, 0.25) is 0 Å². The first kappa shape index (κ1) is 15.2. The number of carbonyl (C=O) groups is 2. The number of carboxylic acid groups (broad SMARTS) is 1. The molecule has 0 saturated carbocycles. The molecule has 3 rings (SSSR count). The Hall–Kier alpha value is -2.70. The fourth-order valence-electron chi connectivity index (χ4n) is 2.67. The van der Waals surface area contributed by atoms with Gasteiger partial charge in [-0.05, 0) is 37.6 Å². The van der Waals surface area contributed by atoms with Crippen molar-refractivity contribution in [3.8, 4) is 5.69 Å². The highest BCUT2D eigenvalue weighted by Crippen LogP contribution is 2.30. The lowest BCUT2D eigenvalue weighted by Crippen LogP contribution is -2.35. The van der Waals surface area contributed by atoms with Gasteiger partial charge in [-0.2, -0.15) is 5.10 Å². The molecule has 0 aliphatic carbocycles. The molecule has 2 aromatic rings. The van der Waals surface area contributed by atoms with Crippen LogP contribution in [-0.2, 0) is 4.79 Å². The summed E-state index contributed by atoms with van der Waals surface area (Å²) < 4.78 is 14.7. The minimum atomic E-state index is -0.916. The highest BCUT2D eigenvalue weighted by atomic mass is 19.1. The van der Waals surface area contributed by atoms with Gasteiger partial charge in [0.25, 0.3) is 5.91 Å². The topological polar surface area (TPSA) is 75.4 Å². The van der Waals surface area contributed by atoms with Crippen molar-refractivity contribution in [1.82, 2.24) is 14.7 Å². The lowest BCUT2D eigenvalue weighted by molar-refractivity contribution is -0.147. The summed E-state index contributed by atoms with van der Waals surface area (Å²) in [5.74, 6) is -1.61. The predicted molar refractivity (Wildman–Crippen MR) is 79.8 cm³/mol. The molecule has 23 heavy (non-hydrogen) atoms. The normalized spacial score (nSPS) is 20.7. The summed E-state index contributed by atoms with van der Waals surface area (Å²) in [6.45, 7) is 2.18. The van der Waals surface area contributed by atoms with Crippen molar-refractivity contribution < 1.29 is 19.1 Å². The Morgan fingerprint density at radius 2 is 2.13 bits per heavy atom. The molecule has 1 N–H and O–H groups in total. The summed E-state index contributed by atoms with van der Waals surface area (Å²) in [5, 5.41) is 13.4. The van der Waals surface area contributed by atoms with Crippen molar-refractivity contribution in [3.05, 3.63) is 48.0 Å². The molecule has 2 heterocycles. The van der Waals surface area contributed by atoms with Crippen molar-refractivity contribution >= 4 is 11.9 Å². The Bertz CT molecular complexity index is 773. The van der Waals surface area contributed by atoms with Gasteiger partial charge in [-0.25, -0.2) is 9.07 Å². The number of carbonyl (C=O) groups excluding carboxylic acids is 1. The molecular weight excluding hydrogens is 301 g/mol. The van der Waals surface area contributed by atoms with E-state index in [4.69, 9.17) is 0 Å². The SMILES string of the molecule is C[C@@]1(C(=O)O)CCN(C(=O)c2ccn(-c3cccc(F)c3)n2)C1. The maximum atomic E-state index is 13.3. The largest absolute Gasteiger partial charge is 0.481 e. The Morgan fingerprint density at radius 3 is 2.78 bits per heavy atom. The molecule has 1 atom stereocenters. The molecule has 7 heteroatoms. The second-order valence-electron chi connectivity index (χ2n) is 5.97. The first-order valence-corrected chi connectivity index (χ1v) is 7.23. The van der Waals surface area contributed by atoms with Gasteiger partial charge in [-0.1, -0.05) is 6.07 Å². The van der Waals surface area contributed by atoms with Gasteiger partial charge in [-0.3, -0.25) is 9.59 Å². The fourth-order valence-corrected chi connectivity index (χ4v) is 2.67. The number of halogens is 1. The van der Waals surface area contributed by atoms with E-state index in [0.29, 0.717) is 18.7 Å². The molecule has 1 aromatic carbocycles. The van der Waals surface area contributed by atoms with Gasteiger partial charge in [-0.15, -0.1) is 0 Å². The lowest BCUT2D eigenvalue weighted by atomic mass is 9.90. The summed E-state index contributed by atoms with van der Waals surface area (Å²) in [7, 11) is 0. The first-order chi connectivity index (χ1) is 10.9. The molecule has 1 aliphatic rings. The van der Waals surface area contributed by atoms with E-state index in [1.807, 2.05) is 0 Å². The van der Waals surface area contributed by atoms with Gasteiger partial charge in [0, 0.05) is 19.3 Å².